The van der Waals surface area contributed by atoms with E-state index < -0.39 is 0 Å². The largest absolute Gasteiger partial charge is 0.211 e. The van der Waals surface area contributed by atoms with Crippen molar-refractivity contribution in [1.29, 1.82) is 0 Å². The van der Waals surface area contributed by atoms with Gasteiger partial charge in [0.25, 0.3) is 0 Å². The van der Waals surface area contributed by atoms with Gasteiger partial charge < -0.3 is 0 Å². The van der Waals surface area contributed by atoms with E-state index in [0.717, 1.165) is 0 Å². The van der Waals surface area contributed by atoms with E-state index in [1.54, 1.807) is 4.91 Å². The van der Waals surface area contributed by atoms with Crippen LogP contribution in [0, 0.1) is 0 Å². The lowest BCUT2D eigenvalue weighted by atomic mass is 10.5. The molecule has 1 rings (SSSR count). The summed E-state index contributed by atoms with van der Waals surface area (Å²) in [6.45, 7) is 4.47. The van der Waals surface area contributed by atoms with Crippen molar-refractivity contribution in [3.63, 3.8) is 0 Å². The Labute approximate surface area is 53.6 Å². The second kappa shape index (κ2) is 2.40. The molecule has 0 radical (unpaired) electrons. The predicted molar refractivity (Wildman–Crippen MR) is 42.4 cm³/mol. The van der Waals surface area contributed by atoms with Crippen LogP contribution in [0.5, 0.6) is 0 Å². The monoisotopic (exact) mass is 128 g/mol. The standard InChI is InChI=1S/C7H12S/c1-3-8-6-4-5-7(8)2/h4-6,8H,3H2,1-2H3. The minimum absolute atomic E-state index is 0.176. The Balaban J connectivity index is 2.58. The van der Waals surface area contributed by atoms with Crippen LogP contribution < -0.4 is 0 Å². The zero-order valence-corrected chi connectivity index (χ0v) is 6.28. The third kappa shape index (κ3) is 0.972. The average Bonchev–Trinajstić information content (AvgIpc) is 2.14. The van der Waals surface area contributed by atoms with Crippen LogP contribution in [0.15, 0.2) is 22.5 Å². The van der Waals surface area contributed by atoms with Crippen molar-refractivity contribution in [2.24, 2.45) is 0 Å². The molecule has 0 fully saturated rings. The highest BCUT2D eigenvalue weighted by molar-refractivity contribution is 8.23. The normalized spacial score (nSPS) is 30.8. The van der Waals surface area contributed by atoms with Crippen molar-refractivity contribution >= 4 is 10.9 Å². The molecule has 46 valence electrons. The molecule has 1 heteroatoms. The predicted octanol–water partition coefficient (Wildman–Crippen LogP) is 2.44. The summed E-state index contributed by atoms with van der Waals surface area (Å²) in [5.41, 5.74) is 0. The highest BCUT2D eigenvalue weighted by Crippen LogP contribution is 2.39. The maximum absolute atomic E-state index is 2.32. The summed E-state index contributed by atoms with van der Waals surface area (Å²) in [6, 6.07) is 0. The summed E-state index contributed by atoms with van der Waals surface area (Å²) in [4.78, 5) is 1.57. The zero-order valence-electron chi connectivity index (χ0n) is 5.39. The van der Waals surface area contributed by atoms with Crippen LogP contribution in [-0.2, 0) is 0 Å². The van der Waals surface area contributed by atoms with Gasteiger partial charge in [0.15, 0.2) is 0 Å². The molecule has 0 saturated heterocycles. The number of rotatable bonds is 1. The molecule has 0 bridgehead atoms. The molecule has 1 atom stereocenters. The van der Waals surface area contributed by atoms with Crippen LogP contribution in [0.25, 0.3) is 0 Å². The topological polar surface area (TPSA) is 0 Å². The minimum Gasteiger partial charge on any atom is -0.211 e. The van der Waals surface area contributed by atoms with Crippen molar-refractivity contribution in [3.05, 3.63) is 22.5 Å². The van der Waals surface area contributed by atoms with Gasteiger partial charge in [-0.3, -0.25) is 0 Å². The quantitative estimate of drug-likeness (QED) is 0.515. The summed E-state index contributed by atoms with van der Waals surface area (Å²) >= 11 is 0. The molecule has 1 unspecified atom stereocenters. The van der Waals surface area contributed by atoms with E-state index in [1.165, 1.54) is 5.75 Å². The van der Waals surface area contributed by atoms with Crippen molar-refractivity contribution < 1.29 is 0 Å². The van der Waals surface area contributed by atoms with E-state index in [9.17, 15) is 0 Å². The van der Waals surface area contributed by atoms with E-state index in [1.807, 2.05) is 0 Å². The highest BCUT2D eigenvalue weighted by atomic mass is 32.2. The Kier molecular flexibility index (Phi) is 1.79. The first-order chi connectivity index (χ1) is 3.84. The Morgan fingerprint density at radius 1 is 1.62 bits per heavy atom. The van der Waals surface area contributed by atoms with Crippen molar-refractivity contribution in [2.75, 3.05) is 5.75 Å². The zero-order chi connectivity index (χ0) is 5.98. The van der Waals surface area contributed by atoms with Crippen LogP contribution in [0.4, 0.5) is 0 Å². The molecule has 0 aromatic carbocycles. The summed E-state index contributed by atoms with van der Waals surface area (Å²) in [5, 5.41) is 2.32. The molecule has 0 spiro atoms. The third-order valence-corrected chi connectivity index (χ3v) is 3.67. The van der Waals surface area contributed by atoms with Crippen molar-refractivity contribution in [3.8, 4) is 0 Å². The van der Waals surface area contributed by atoms with Gasteiger partial charge in [-0.25, -0.2) is 10.9 Å². The van der Waals surface area contributed by atoms with Crippen LogP contribution >= 0.6 is 10.9 Å². The first kappa shape index (κ1) is 5.96. The minimum atomic E-state index is 0.176. The molecule has 1 heterocycles. The number of thiol groups is 1. The maximum atomic E-state index is 2.32. The number of hydrogen-bond acceptors (Lipinski definition) is 0. The Morgan fingerprint density at radius 2 is 2.38 bits per heavy atom. The van der Waals surface area contributed by atoms with Gasteiger partial charge in [0.05, 0.1) is 0 Å². The lowest BCUT2D eigenvalue weighted by molar-refractivity contribution is 1.51. The van der Waals surface area contributed by atoms with Gasteiger partial charge >= 0.3 is 0 Å². The molecular formula is C7H12S. The van der Waals surface area contributed by atoms with E-state index in [-0.39, 0.29) is 10.9 Å². The highest BCUT2D eigenvalue weighted by Gasteiger charge is 2.00. The van der Waals surface area contributed by atoms with Crippen LogP contribution in [0.3, 0.4) is 0 Å². The smallest absolute Gasteiger partial charge is 0.0211 e. The molecule has 0 amide bonds. The van der Waals surface area contributed by atoms with Crippen molar-refractivity contribution in [1.82, 2.24) is 0 Å². The molecular weight excluding hydrogens is 116 g/mol. The van der Waals surface area contributed by atoms with Gasteiger partial charge in [-0.2, -0.15) is 0 Å². The molecule has 1 aliphatic rings. The summed E-state index contributed by atoms with van der Waals surface area (Å²) in [6.07, 6.45) is 4.39. The number of hydrogen-bond donors (Lipinski definition) is 1. The van der Waals surface area contributed by atoms with Gasteiger partial charge in [-0.05, 0) is 23.0 Å². The molecule has 0 saturated carbocycles. The Morgan fingerprint density at radius 3 is 2.62 bits per heavy atom. The fraction of sp³-hybridized carbons (Fsp3) is 0.429. The fourth-order valence-corrected chi connectivity index (χ4v) is 2.37. The lowest BCUT2D eigenvalue weighted by Crippen LogP contribution is -1.75. The molecule has 0 aromatic rings. The van der Waals surface area contributed by atoms with E-state index in [0.29, 0.717) is 0 Å². The van der Waals surface area contributed by atoms with Gasteiger partial charge in [-0.15, -0.1) is 0 Å². The van der Waals surface area contributed by atoms with Crippen LogP contribution in [-0.4, -0.2) is 5.75 Å². The SMILES string of the molecule is CC[SH]1C=CC=C1C. The van der Waals surface area contributed by atoms with Gasteiger partial charge in [0.1, 0.15) is 0 Å². The van der Waals surface area contributed by atoms with Crippen LogP contribution in [0.1, 0.15) is 13.8 Å². The second-order valence-corrected chi connectivity index (χ2v) is 4.51. The van der Waals surface area contributed by atoms with E-state index in [2.05, 4.69) is 31.4 Å². The molecule has 0 aromatic heterocycles. The second-order valence-electron chi connectivity index (χ2n) is 1.94. The fourth-order valence-electron chi connectivity index (χ4n) is 0.854. The molecule has 1 aliphatic heterocycles. The first-order valence-electron chi connectivity index (χ1n) is 2.96. The first-order valence-corrected chi connectivity index (χ1v) is 4.56. The molecule has 8 heavy (non-hydrogen) atoms. The molecule has 0 N–H and O–H groups in total. The lowest BCUT2D eigenvalue weighted by Gasteiger charge is -2.09. The third-order valence-electron chi connectivity index (χ3n) is 1.40. The summed E-state index contributed by atoms with van der Waals surface area (Å²) < 4.78 is 0. The van der Waals surface area contributed by atoms with E-state index in [4.69, 9.17) is 0 Å². The van der Waals surface area contributed by atoms with Crippen molar-refractivity contribution in [2.45, 2.75) is 13.8 Å². The Hall–Kier alpha value is -0.170. The van der Waals surface area contributed by atoms with Gasteiger partial charge in [0.2, 0.25) is 0 Å². The average molecular weight is 128 g/mol. The van der Waals surface area contributed by atoms with Crippen LogP contribution in [0.2, 0.25) is 0 Å². The molecule has 0 aliphatic carbocycles. The maximum Gasteiger partial charge on any atom is -0.0211 e. The van der Waals surface area contributed by atoms with E-state index >= 15 is 0 Å². The number of allylic oxidation sites excluding steroid dienone is 3. The van der Waals surface area contributed by atoms with Gasteiger partial charge in [0, 0.05) is 0 Å². The summed E-state index contributed by atoms with van der Waals surface area (Å²) in [7, 11) is 0.176. The Bertz CT molecular complexity index is 133. The molecule has 0 nitrogen and oxygen atoms in total. The summed E-state index contributed by atoms with van der Waals surface area (Å²) in [5.74, 6) is 1.31. The van der Waals surface area contributed by atoms with Gasteiger partial charge in [-0.1, -0.05) is 19.1 Å².